The first-order valence-electron chi connectivity index (χ1n) is 7.38. The van der Waals surface area contributed by atoms with E-state index in [0.717, 1.165) is 11.8 Å². The van der Waals surface area contributed by atoms with E-state index in [0.29, 0.717) is 19.2 Å². The molecule has 1 aromatic carbocycles. The maximum absolute atomic E-state index is 12.1. The van der Waals surface area contributed by atoms with Crippen molar-refractivity contribution in [2.75, 3.05) is 25.4 Å². The molecular weight excluding hydrogens is 339 g/mol. The Morgan fingerprint density at radius 2 is 1.91 bits per heavy atom. The molecule has 2 atom stereocenters. The van der Waals surface area contributed by atoms with Crippen LogP contribution in [0.1, 0.15) is 31.2 Å². The second-order valence-corrected chi connectivity index (χ2v) is 8.58. The minimum absolute atomic E-state index is 0.102. The lowest BCUT2D eigenvalue weighted by molar-refractivity contribution is -0.143. The van der Waals surface area contributed by atoms with Gasteiger partial charge < -0.3 is 9.30 Å². The van der Waals surface area contributed by atoms with Crippen LogP contribution in [-0.4, -0.2) is 39.8 Å². The summed E-state index contributed by atoms with van der Waals surface area (Å²) in [5.41, 5.74) is 0.967. The van der Waals surface area contributed by atoms with Crippen molar-refractivity contribution in [3.05, 3.63) is 35.9 Å². The molecule has 0 bridgehead atoms. The normalized spacial score (nSPS) is 14.2. The second kappa shape index (κ2) is 9.85. The maximum atomic E-state index is 12.1. The van der Waals surface area contributed by atoms with Crippen LogP contribution in [-0.2, 0) is 28.4 Å². The van der Waals surface area contributed by atoms with Crippen molar-refractivity contribution in [1.82, 2.24) is 0 Å². The van der Waals surface area contributed by atoms with Gasteiger partial charge in [0, 0.05) is 12.6 Å². The number of esters is 1. The third kappa shape index (κ3) is 8.89. The lowest BCUT2D eigenvalue weighted by Crippen LogP contribution is -2.10. The van der Waals surface area contributed by atoms with Crippen LogP contribution in [0.5, 0.6) is 0 Å². The van der Waals surface area contributed by atoms with Crippen LogP contribution in [0.15, 0.2) is 30.3 Å². The van der Waals surface area contributed by atoms with Crippen LogP contribution in [0.2, 0.25) is 0 Å². The van der Waals surface area contributed by atoms with Crippen molar-refractivity contribution >= 4 is 23.9 Å². The molecule has 0 aliphatic carbocycles. The Morgan fingerprint density at radius 3 is 2.48 bits per heavy atom. The monoisotopic (exact) mass is 362 g/mol. The standard InChI is InChI=1S/C15H23O6PS/c1-3-20-15(16)10-9-14(13-7-5-4-6-8-13)11-22(17)12-21-23(2,18)19/h4-8,14,22H,3,9-12H2,1-2H3. The molecule has 0 amide bonds. The van der Waals surface area contributed by atoms with E-state index in [-0.39, 0.29) is 24.7 Å². The smallest absolute Gasteiger partial charge is 0.305 e. The van der Waals surface area contributed by atoms with Gasteiger partial charge in [0.2, 0.25) is 0 Å². The zero-order valence-electron chi connectivity index (χ0n) is 13.4. The lowest BCUT2D eigenvalue weighted by Gasteiger charge is -2.17. The van der Waals surface area contributed by atoms with Gasteiger partial charge in [-0.15, -0.1) is 0 Å². The van der Waals surface area contributed by atoms with E-state index in [1.807, 2.05) is 30.3 Å². The number of benzene rings is 1. The van der Waals surface area contributed by atoms with Crippen LogP contribution in [0.4, 0.5) is 0 Å². The second-order valence-electron chi connectivity index (χ2n) is 5.16. The van der Waals surface area contributed by atoms with Crippen LogP contribution >= 0.6 is 7.80 Å². The number of rotatable bonds is 10. The van der Waals surface area contributed by atoms with Crippen molar-refractivity contribution < 1.29 is 26.7 Å². The SMILES string of the molecule is CCOC(=O)CCC(C[PH](=O)COS(C)(=O)=O)c1ccccc1. The Labute approximate surface area is 138 Å². The molecule has 0 heterocycles. The van der Waals surface area contributed by atoms with E-state index >= 15 is 0 Å². The first-order valence-corrected chi connectivity index (χ1v) is 11.0. The summed E-state index contributed by atoms with van der Waals surface area (Å²) in [6.07, 6.45) is 1.65. The van der Waals surface area contributed by atoms with Gasteiger partial charge in [0.1, 0.15) is 14.1 Å². The van der Waals surface area contributed by atoms with Gasteiger partial charge in [0.25, 0.3) is 10.1 Å². The zero-order valence-corrected chi connectivity index (χ0v) is 15.2. The predicted molar refractivity (Wildman–Crippen MR) is 89.7 cm³/mol. The number of hydrogen-bond donors (Lipinski definition) is 0. The van der Waals surface area contributed by atoms with Crippen LogP contribution in [0.25, 0.3) is 0 Å². The maximum Gasteiger partial charge on any atom is 0.305 e. The fourth-order valence-electron chi connectivity index (χ4n) is 2.14. The number of carbonyl (C=O) groups excluding carboxylic acids is 1. The average Bonchev–Trinajstić information content (AvgIpc) is 2.50. The quantitative estimate of drug-likeness (QED) is 0.361. The van der Waals surface area contributed by atoms with Gasteiger partial charge >= 0.3 is 5.97 Å². The van der Waals surface area contributed by atoms with Crippen molar-refractivity contribution in [2.24, 2.45) is 0 Å². The highest BCUT2D eigenvalue weighted by Crippen LogP contribution is 2.33. The molecule has 0 spiro atoms. The fourth-order valence-corrected chi connectivity index (χ4v) is 4.63. The van der Waals surface area contributed by atoms with E-state index in [1.54, 1.807) is 6.92 Å². The Hall–Kier alpha value is -1.17. The summed E-state index contributed by atoms with van der Waals surface area (Å²) in [6.45, 7) is 2.07. The largest absolute Gasteiger partial charge is 0.466 e. The Bertz CT molecular complexity index is 614. The molecule has 0 aromatic heterocycles. The average molecular weight is 362 g/mol. The highest BCUT2D eigenvalue weighted by molar-refractivity contribution is 7.86. The molecule has 1 rings (SSSR count). The Morgan fingerprint density at radius 1 is 1.26 bits per heavy atom. The van der Waals surface area contributed by atoms with Gasteiger partial charge in [-0.1, -0.05) is 30.3 Å². The van der Waals surface area contributed by atoms with Crippen molar-refractivity contribution in [1.29, 1.82) is 0 Å². The summed E-state index contributed by atoms with van der Waals surface area (Å²) in [5.74, 6) is -0.393. The Balaban J connectivity index is 2.68. The third-order valence-electron chi connectivity index (χ3n) is 3.18. The summed E-state index contributed by atoms with van der Waals surface area (Å²) in [6, 6.07) is 9.43. The molecule has 6 nitrogen and oxygen atoms in total. The van der Waals surface area contributed by atoms with Gasteiger partial charge in [-0.05, 0) is 24.8 Å². The first kappa shape index (κ1) is 19.9. The lowest BCUT2D eigenvalue weighted by atomic mass is 9.96. The molecule has 0 fully saturated rings. The van der Waals surface area contributed by atoms with Gasteiger partial charge in [-0.3, -0.25) is 8.98 Å². The molecule has 0 N–H and O–H groups in total. The van der Waals surface area contributed by atoms with E-state index in [9.17, 15) is 17.8 Å². The van der Waals surface area contributed by atoms with Gasteiger partial charge in [0.15, 0.2) is 0 Å². The molecule has 23 heavy (non-hydrogen) atoms. The van der Waals surface area contributed by atoms with Gasteiger partial charge in [-0.25, -0.2) is 0 Å². The first-order chi connectivity index (χ1) is 10.8. The minimum Gasteiger partial charge on any atom is -0.466 e. The van der Waals surface area contributed by atoms with E-state index < -0.39 is 17.9 Å². The number of carbonyl (C=O) groups is 1. The van der Waals surface area contributed by atoms with E-state index in [1.165, 1.54) is 0 Å². The highest BCUT2D eigenvalue weighted by Gasteiger charge is 2.18. The molecule has 8 heteroatoms. The number of hydrogen-bond acceptors (Lipinski definition) is 6. The number of ether oxygens (including phenoxy) is 1. The Kier molecular flexibility index (Phi) is 8.52. The molecule has 130 valence electrons. The molecule has 0 saturated heterocycles. The molecule has 0 aliphatic rings. The predicted octanol–water partition coefficient (Wildman–Crippen LogP) is 2.61. The van der Waals surface area contributed by atoms with Gasteiger partial charge in [-0.2, -0.15) is 8.42 Å². The van der Waals surface area contributed by atoms with Crippen molar-refractivity contribution in [2.45, 2.75) is 25.7 Å². The highest BCUT2D eigenvalue weighted by atomic mass is 32.2. The molecule has 2 unspecified atom stereocenters. The van der Waals surface area contributed by atoms with Crippen LogP contribution in [0.3, 0.4) is 0 Å². The molecule has 1 aromatic rings. The summed E-state index contributed by atoms with van der Waals surface area (Å²) in [4.78, 5) is 11.5. The summed E-state index contributed by atoms with van der Waals surface area (Å²) < 4.78 is 43.6. The third-order valence-corrected chi connectivity index (χ3v) is 5.35. The molecule has 0 radical (unpaired) electrons. The zero-order chi connectivity index (χ0) is 17.3. The van der Waals surface area contributed by atoms with Gasteiger partial charge in [0.05, 0.1) is 12.9 Å². The molecular formula is C15H23O6PS. The van der Waals surface area contributed by atoms with Crippen LogP contribution in [0, 0.1) is 0 Å². The fraction of sp³-hybridized carbons (Fsp3) is 0.533. The molecule has 0 aliphatic heterocycles. The summed E-state index contributed by atoms with van der Waals surface area (Å²) in [5, 5.41) is 0. The van der Waals surface area contributed by atoms with E-state index in [2.05, 4.69) is 4.18 Å². The summed E-state index contributed by atoms with van der Waals surface area (Å²) in [7, 11) is -5.83. The minimum atomic E-state index is -3.60. The van der Waals surface area contributed by atoms with Crippen molar-refractivity contribution in [3.63, 3.8) is 0 Å². The topological polar surface area (TPSA) is 86.7 Å². The van der Waals surface area contributed by atoms with Crippen molar-refractivity contribution in [3.8, 4) is 0 Å². The molecule has 0 saturated carbocycles. The van der Waals surface area contributed by atoms with E-state index in [4.69, 9.17) is 4.74 Å². The summed E-state index contributed by atoms with van der Waals surface area (Å²) >= 11 is 0. The van der Waals surface area contributed by atoms with Crippen LogP contribution < -0.4 is 0 Å².